The minimum absolute atomic E-state index is 0.102. The van der Waals surface area contributed by atoms with Gasteiger partial charge in [-0.05, 0) is 24.3 Å². The van der Waals surface area contributed by atoms with Crippen LogP contribution in [0.25, 0.3) is 0 Å². The van der Waals surface area contributed by atoms with Crippen molar-refractivity contribution in [1.82, 2.24) is 0 Å². The molecule has 0 saturated heterocycles. The third-order valence-corrected chi connectivity index (χ3v) is 3.23. The first-order valence-electron chi connectivity index (χ1n) is 5.29. The Morgan fingerprint density at radius 1 is 1.33 bits per heavy atom. The van der Waals surface area contributed by atoms with E-state index in [1.807, 2.05) is 0 Å². The SMILES string of the molecule is CS(=O)(=O)c1ccc(NCCOCC(N)=O)cc1. The standard InChI is InChI=1S/C11H16N2O4S/c1-18(15,16)10-4-2-9(3-5-10)13-6-7-17-8-11(12)14/h2-5,13H,6-8H2,1H3,(H2,12,14). The molecule has 1 amide bonds. The molecule has 6 nitrogen and oxygen atoms in total. The van der Waals surface area contributed by atoms with E-state index in [1.54, 1.807) is 12.1 Å². The number of benzene rings is 1. The van der Waals surface area contributed by atoms with E-state index in [9.17, 15) is 13.2 Å². The van der Waals surface area contributed by atoms with Crippen molar-refractivity contribution < 1.29 is 17.9 Å². The van der Waals surface area contributed by atoms with Crippen molar-refractivity contribution in [1.29, 1.82) is 0 Å². The molecule has 1 aromatic carbocycles. The molecule has 0 spiro atoms. The Kier molecular flexibility index (Phi) is 5.11. The minimum Gasteiger partial charge on any atom is -0.383 e. The molecule has 0 radical (unpaired) electrons. The highest BCUT2D eigenvalue weighted by Gasteiger charge is 2.05. The predicted molar refractivity (Wildman–Crippen MR) is 68.1 cm³/mol. The van der Waals surface area contributed by atoms with Gasteiger partial charge in [-0.1, -0.05) is 0 Å². The molecule has 18 heavy (non-hydrogen) atoms. The number of sulfone groups is 1. The lowest BCUT2D eigenvalue weighted by molar-refractivity contribution is -0.122. The van der Waals surface area contributed by atoms with Crippen LogP contribution in [0.2, 0.25) is 0 Å². The lowest BCUT2D eigenvalue weighted by atomic mass is 10.3. The van der Waals surface area contributed by atoms with Crippen LogP contribution in [0.5, 0.6) is 0 Å². The van der Waals surface area contributed by atoms with Crippen LogP contribution < -0.4 is 11.1 Å². The first kappa shape index (κ1) is 14.5. The van der Waals surface area contributed by atoms with Gasteiger partial charge in [-0.2, -0.15) is 0 Å². The summed E-state index contributed by atoms with van der Waals surface area (Å²) >= 11 is 0. The zero-order chi connectivity index (χ0) is 13.6. The van der Waals surface area contributed by atoms with Gasteiger partial charge in [0.05, 0.1) is 11.5 Å². The molecule has 0 aliphatic heterocycles. The number of amides is 1. The maximum Gasteiger partial charge on any atom is 0.243 e. The van der Waals surface area contributed by atoms with Gasteiger partial charge in [-0.25, -0.2) is 8.42 Å². The van der Waals surface area contributed by atoms with E-state index in [0.717, 1.165) is 11.9 Å². The zero-order valence-corrected chi connectivity index (χ0v) is 10.9. The van der Waals surface area contributed by atoms with Crippen molar-refractivity contribution in [2.45, 2.75) is 4.90 Å². The van der Waals surface area contributed by atoms with Gasteiger partial charge < -0.3 is 15.8 Å². The molecular weight excluding hydrogens is 256 g/mol. The van der Waals surface area contributed by atoms with Crippen LogP contribution in [0.3, 0.4) is 0 Å². The highest BCUT2D eigenvalue weighted by Crippen LogP contribution is 2.13. The summed E-state index contributed by atoms with van der Waals surface area (Å²) in [5.41, 5.74) is 5.68. The number of nitrogens with two attached hydrogens (primary N) is 1. The molecule has 0 aliphatic rings. The third kappa shape index (κ3) is 5.15. The maximum absolute atomic E-state index is 11.2. The number of primary amides is 1. The number of rotatable bonds is 7. The second-order valence-electron chi connectivity index (χ2n) is 3.74. The van der Waals surface area contributed by atoms with Gasteiger partial charge in [0, 0.05) is 18.5 Å². The van der Waals surface area contributed by atoms with Crippen LogP contribution in [0.4, 0.5) is 5.69 Å². The molecule has 0 bridgehead atoms. The van der Waals surface area contributed by atoms with Gasteiger partial charge in [0.15, 0.2) is 9.84 Å². The molecule has 1 aromatic rings. The van der Waals surface area contributed by atoms with E-state index in [2.05, 4.69) is 5.32 Å². The molecule has 0 heterocycles. The number of nitrogens with one attached hydrogen (secondary N) is 1. The Balaban J connectivity index is 2.38. The molecule has 100 valence electrons. The number of hydrogen-bond acceptors (Lipinski definition) is 5. The average Bonchev–Trinajstić information content (AvgIpc) is 2.27. The molecule has 0 aliphatic carbocycles. The van der Waals surface area contributed by atoms with Crippen molar-refractivity contribution in [3.8, 4) is 0 Å². The smallest absolute Gasteiger partial charge is 0.243 e. The average molecular weight is 272 g/mol. The fourth-order valence-electron chi connectivity index (χ4n) is 1.26. The van der Waals surface area contributed by atoms with Crippen LogP contribution in [-0.4, -0.2) is 40.3 Å². The van der Waals surface area contributed by atoms with Gasteiger partial charge >= 0.3 is 0 Å². The summed E-state index contributed by atoms with van der Waals surface area (Å²) in [7, 11) is -3.16. The lowest BCUT2D eigenvalue weighted by Crippen LogP contribution is -2.20. The molecule has 0 unspecified atom stereocenters. The Labute approximate surface area is 106 Å². The number of carbonyl (C=O) groups excluding carboxylic acids is 1. The Hall–Kier alpha value is -1.60. The number of carbonyl (C=O) groups is 1. The molecule has 7 heteroatoms. The summed E-state index contributed by atoms with van der Waals surface area (Å²) in [6.07, 6.45) is 1.16. The molecular formula is C11H16N2O4S. The molecule has 3 N–H and O–H groups in total. The zero-order valence-electron chi connectivity index (χ0n) is 10.0. The summed E-state index contributed by atoms with van der Waals surface area (Å²) in [5.74, 6) is -0.507. The molecule has 1 rings (SSSR count). The van der Waals surface area contributed by atoms with Gasteiger partial charge in [0.2, 0.25) is 5.91 Å². The number of hydrogen-bond donors (Lipinski definition) is 2. The van der Waals surface area contributed by atoms with Crippen LogP contribution in [0.1, 0.15) is 0 Å². The Morgan fingerprint density at radius 3 is 2.44 bits per heavy atom. The summed E-state index contributed by atoms with van der Waals surface area (Å²) in [6.45, 7) is 0.747. The summed E-state index contributed by atoms with van der Waals surface area (Å²) in [6, 6.07) is 6.40. The molecule has 0 fully saturated rings. The first-order chi connectivity index (χ1) is 8.39. The van der Waals surface area contributed by atoms with Crippen molar-refractivity contribution in [3.05, 3.63) is 24.3 Å². The second kappa shape index (κ2) is 6.36. The molecule has 0 aromatic heterocycles. The Bertz CT molecular complexity index is 496. The van der Waals surface area contributed by atoms with Gasteiger partial charge in [0.25, 0.3) is 0 Å². The van der Waals surface area contributed by atoms with Crippen LogP contribution >= 0.6 is 0 Å². The van der Waals surface area contributed by atoms with Gasteiger partial charge in [-0.15, -0.1) is 0 Å². The second-order valence-corrected chi connectivity index (χ2v) is 5.76. The largest absolute Gasteiger partial charge is 0.383 e. The number of anilines is 1. The quantitative estimate of drug-likeness (QED) is 0.681. The fourth-order valence-corrected chi connectivity index (χ4v) is 1.89. The summed E-state index contributed by atoms with van der Waals surface area (Å²) < 4.78 is 27.4. The van der Waals surface area contributed by atoms with Gasteiger partial charge in [-0.3, -0.25) is 4.79 Å². The van der Waals surface area contributed by atoms with E-state index >= 15 is 0 Å². The van der Waals surface area contributed by atoms with E-state index in [-0.39, 0.29) is 11.5 Å². The molecule has 0 atom stereocenters. The highest BCUT2D eigenvalue weighted by molar-refractivity contribution is 7.90. The van der Waals surface area contributed by atoms with Crippen LogP contribution in [-0.2, 0) is 19.4 Å². The van der Waals surface area contributed by atoms with Crippen LogP contribution in [0, 0.1) is 0 Å². The lowest BCUT2D eigenvalue weighted by Gasteiger charge is -2.07. The highest BCUT2D eigenvalue weighted by atomic mass is 32.2. The summed E-state index contributed by atoms with van der Waals surface area (Å²) in [4.78, 5) is 10.7. The van der Waals surface area contributed by atoms with Crippen molar-refractivity contribution in [2.24, 2.45) is 5.73 Å². The molecule has 0 saturated carbocycles. The Morgan fingerprint density at radius 2 is 1.94 bits per heavy atom. The number of ether oxygens (including phenoxy) is 1. The monoisotopic (exact) mass is 272 g/mol. The van der Waals surface area contributed by atoms with Crippen molar-refractivity contribution >= 4 is 21.4 Å². The van der Waals surface area contributed by atoms with E-state index < -0.39 is 15.7 Å². The summed E-state index contributed by atoms with van der Waals surface area (Å²) in [5, 5.41) is 3.03. The van der Waals surface area contributed by atoms with Crippen LogP contribution in [0.15, 0.2) is 29.2 Å². The van der Waals surface area contributed by atoms with E-state index in [0.29, 0.717) is 13.2 Å². The van der Waals surface area contributed by atoms with E-state index in [1.165, 1.54) is 12.1 Å². The van der Waals surface area contributed by atoms with Crippen molar-refractivity contribution in [2.75, 3.05) is 31.3 Å². The third-order valence-electron chi connectivity index (χ3n) is 2.10. The minimum atomic E-state index is -3.16. The first-order valence-corrected chi connectivity index (χ1v) is 7.19. The topological polar surface area (TPSA) is 98.5 Å². The van der Waals surface area contributed by atoms with E-state index in [4.69, 9.17) is 10.5 Å². The maximum atomic E-state index is 11.2. The van der Waals surface area contributed by atoms with Crippen molar-refractivity contribution in [3.63, 3.8) is 0 Å². The predicted octanol–water partition coefficient (Wildman–Crippen LogP) is 0.00390. The fraction of sp³-hybridized carbons (Fsp3) is 0.364. The van der Waals surface area contributed by atoms with Gasteiger partial charge in [0.1, 0.15) is 6.61 Å². The normalized spacial score (nSPS) is 11.2.